The topological polar surface area (TPSA) is 58.2 Å². The van der Waals surface area contributed by atoms with Crippen molar-refractivity contribution in [3.63, 3.8) is 0 Å². The van der Waals surface area contributed by atoms with E-state index >= 15 is 0 Å². The molecule has 0 aliphatic heterocycles. The molecule has 0 radical (unpaired) electrons. The third-order valence-corrected chi connectivity index (χ3v) is 6.52. The number of rotatable bonds is 3. The Morgan fingerprint density at radius 2 is 1.88 bits per heavy atom. The molecule has 4 nitrogen and oxygen atoms in total. The summed E-state index contributed by atoms with van der Waals surface area (Å²) in [4.78, 5) is 24.7. The number of benzene rings is 1. The highest BCUT2D eigenvalue weighted by Gasteiger charge is 2.60. The summed E-state index contributed by atoms with van der Waals surface area (Å²) in [7, 11) is 1.60. The zero-order valence-corrected chi connectivity index (χ0v) is 14.7. The smallest absolute Gasteiger partial charge is 0.251 e. The number of amides is 2. The SMILES string of the molecule is CNC(=O)c1cccc(NC(=O)C23CC4CC(CC(Cl)(C4)C2)C3)c1. The average molecular weight is 347 g/mol. The minimum absolute atomic E-state index is 0.0793. The molecule has 1 aromatic rings. The normalized spacial score (nSPS) is 36.4. The van der Waals surface area contributed by atoms with E-state index in [0.717, 1.165) is 32.1 Å². The molecule has 4 bridgehead atoms. The lowest BCUT2D eigenvalue weighted by Crippen LogP contribution is -2.57. The molecule has 5 rings (SSSR count). The number of hydrogen-bond donors (Lipinski definition) is 2. The van der Waals surface area contributed by atoms with Crippen LogP contribution in [0.15, 0.2) is 24.3 Å². The summed E-state index contributed by atoms with van der Waals surface area (Å²) < 4.78 is 0. The van der Waals surface area contributed by atoms with Gasteiger partial charge in [-0.15, -0.1) is 11.6 Å². The number of hydrogen-bond acceptors (Lipinski definition) is 2. The van der Waals surface area contributed by atoms with Crippen molar-refractivity contribution in [3.8, 4) is 0 Å². The summed E-state index contributed by atoms with van der Waals surface area (Å²) in [5.41, 5.74) is 0.907. The molecule has 128 valence electrons. The van der Waals surface area contributed by atoms with Crippen LogP contribution in [-0.2, 0) is 4.79 Å². The molecule has 5 heteroatoms. The molecule has 0 heterocycles. The average Bonchev–Trinajstić information content (AvgIpc) is 2.52. The third kappa shape index (κ3) is 2.61. The number of carbonyl (C=O) groups excluding carboxylic acids is 2. The highest BCUT2D eigenvalue weighted by molar-refractivity contribution is 6.24. The van der Waals surface area contributed by atoms with Gasteiger partial charge in [0.1, 0.15) is 0 Å². The fourth-order valence-electron chi connectivity index (χ4n) is 5.56. The van der Waals surface area contributed by atoms with Gasteiger partial charge in [-0.1, -0.05) is 6.07 Å². The van der Waals surface area contributed by atoms with Crippen molar-refractivity contribution in [3.05, 3.63) is 29.8 Å². The lowest BCUT2D eigenvalue weighted by atomic mass is 9.49. The Labute approximate surface area is 147 Å². The Morgan fingerprint density at radius 1 is 1.17 bits per heavy atom. The molecular weight excluding hydrogens is 324 g/mol. The van der Waals surface area contributed by atoms with E-state index in [1.165, 1.54) is 6.42 Å². The maximum atomic E-state index is 13.1. The summed E-state index contributed by atoms with van der Waals surface area (Å²) in [5, 5.41) is 5.66. The predicted molar refractivity (Wildman–Crippen MR) is 94.2 cm³/mol. The van der Waals surface area contributed by atoms with Crippen molar-refractivity contribution in [1.82, 2.24) is 5.32 Å². The second-order valence-corrected chi connectivity index (χ2v) is 8.81. The molecule has 2 atom stereocenters. The van der Waals surface area contributed by atoms with Crippen LogP contribution in [0.4, 0.5) is 5.69 Å². The molecule has 0 aromatic heterocycles. The summed E-state index contributed by atoms with van der Waals surface area (Å²) in [5.74, 6) is 1.11. The van der Waals surface area contributed by atoms with Crippen LogP contribution in [0.2, 0.25) is 0 Å². The first-order valence-corrected chi connectivity index (χ1v) is 9.12. The number of anilines is 1. The lowest BCUT2D eigenvalue weighted by Gasteiger charge is -2.59. The molecule has 4 fully saturated rings. The molecule has 4 aliphatic rings. The van der Waals surface area contributed by atoms with E-state index < -0.39 is 0 Å². The fourth-order valence-corrected chi connectivity index (χ4v) is 6.25. The Bertz CT molecular complexity index is 688. The van der Waals surface area contributed by atoms with Gasteiger partial charge in [-0.05, 0) is 68.6 Å². The van der Waals surface area contributed by atoms with Crippen LogP contribution in [0.5, 0.6) is 0 Å². The van der Waals surface area contributed by atoms with Gasteiger partial charge in [0.05, 0.1) is 5.41 Å². The second kappa shape index (κ2) is 5.48. The first-order valence-electron chi connectivity index (χ1n) is 8.74. The van der Waals surface area contributed by atoms with Crippen LogP contribution in [0.1, 0.15) is 48.9 Å². The van der Waals surface area contributed by atoms with E-state index in [-0.39, 0.29) is 22.1 Å². The maximum absolute atomic E-state index is 13.1. The molecular formula is C19H23ClN2O2. The van der Waals surface area contributed by atoms with Gasteiger partial charge in [-0.2, -0.15) is 0 Å². The largest absolute Gasteiger partial charge is 0.355 e. The molecule has 0 spiro atoms. The Hall–Kier alpha value is -1.55. The van der Waals surface area contributed by atoms with Crippen molar-refractivity contribution >= 4 is 29.1 Å². The van der Waals surface area contributed by atoms with Gasteiger partial charge in [-0.25, -0.2) is 0 Å². The molecule has 2 amide bonds. The van der Waals surface area contributed by atoms with E-state index in [0.29, 0.717) is 23.1 Å². The van der Waals surface area contributed by atoms with Crippen molar-refractivity contribution in [2.75, 3.05) is 12.4 Å². The second-order valence-electron chi connectivity index (χ2n) is 8.01. The predicted octanol–water partition coefficient (Wildman–Crippen LogP) is 3.56. The monoisotopic (exact) mass is 346 g/mol. The van der Waals surface area contributed by atoms with E-state index in [2.05, 4.69) is 10.6 Å². The van der Waals surface area contributed by atoms with Gasteiger partial charge in [-0.3, -0.25) is 9.59 Å². The molecule has 24 heavy (non-hydrogen) atoms. The number of carbonyl (C=O) groups is 2. The minimum atomic E-state index is -0.325. The molecule has 2 unspecified atom stereocenters. The molecule has 4 saturated carbocycles. The van der Waals surface area contributed by atoms with Crippen molar-refractivity contribution in [2.24, 2.45) is 17.3 Å². The van der Waals surface area contributed by atoms with Crippen molar-refractivity contribution < 1.29 is 9.59 Å². The van der Waals surface area contributed by atoms with Gasteiger partial charge in [0.2, 0.25) is 5.91 Å². The summed E-state index contributed by atoms with van der Waals surface area (Å²) >= 11 is 6.82. The van der Waals surface area contributed by atoms with E-state index in [1.54, 1.807) is 25.2 Å². The number of nitrogens with one attached hydrogen (secondary N) is 2. The summed E-state index contributed by atoms with van der Waals surface area (Å²) in [6, 6.07) is 7.10. The number of halogens is 1. The van der Waals surface area contributed by atoms with Crippen molar-refractivity contribution in [2.45, 2.75) is 43.4 Å². The highest BCUT2D eigenvalue weighted by Crippen LogP contribution is 2.64. The maximum Gasteiger partial charge on any atom is 0.251 e. The van der Waals surface area contributed by atoms with Crippen LogP contribution in [0, 0.1) is 17.3 Å². The number of alkyl halides is 1. The first-order chi connectivity index (χ1) is 11.4. The van der Waals surface area contributed by atoms with Crippen molar-refractivity contribution in [1.29, 1.82) is 0 Å². The quantitative estimate of drug-likeness (QED) is 0.822. The van der Waals surface area contributed by atoms with E-state index in [9.17, 15) is 9.59 Å². The Kier molecular flexibility index (Phi) is 3.64. The zero-order valence-electron chi connectivity index (χ0n) is 13.9. The van der Waals surface area contributed by atoms with Gasteiger partial charge >= 0.3 is 0 Å². The van der Waals surface area contributed by atoms with E-state index in [4.69, 9.17) is 11.6 Å². The highest BCUT2D eigenvalue weighted by atomic mass is 35.5. The molecule has 2 N–H and O–H groups in total. The van der Waals surface area contributed by atoms with Crippen LogP contribution >= 0.6 is 11.6 Å². The van der Waals surface area contributed by atoms with E-state index in [1.807, 2.05) is 6.07 Å². The third-order valence-electron chi connectivity index (χ3n) is 6.08. The van der Waals surface area contributed by atoms with Gasteiger partial charge < -0.3 is 10.6 Å². The minimum Gasteiger partial charge on any atom is -0.355 e. The molecule has 0 saturated heterocycles. The lowest BCUT2D eigenvalue weighted by molar-refractivity contribution is -0.138. The van der Waals surface area contributed by atoms with Gasteiger partial charge in [0, 0.05) is 23.2 Å². The van der Waals surface area contributed by atoms with Crippen LogP contribution in [-0.4, -0.2) is 23.7 Å². The van der Waals surface area contributed by atoms with Crippen LogP contribution in [0.3, 0.4) is 0 Å². The van der Waals surface area contributed by atoms with Crippen LogP contribution < -0.4 is 10.6 Å². The van der Waals surface area contributed by atoms with Gasteiger partial charge in [0.25, 0.3) is 5.91 Å². The zero-order chi connectivity index (χ0) is 16.9. The molecule has 4 aliphatic carbocycles. The van der Waals surface area contributed by atoms with Gasteiger partial charge in [0.15, 0.2) is 0 Å². The fraction of sp³-hybridized carbons (Fsp3) is 0.579. The Morgan fingerprint density at radius 3 is 2.50 bits per heavy atom. The standard InChI is InChI=1S/C19H23ClN2O2/c1-21-16(23)14-3-2-4-15(6-14)22-17(24)18-7-12-5-13(8-18)10-19(20,9-12)11-18/h2-4,6,12-13H,5,7-11H2,1H3,(H,21,23)(H,22,24). The summed E-state index contributed by atoms with van der Waals surface area (Å²) in [6.45, 7) is 0. The summed E-state index contributed by atoms with van der Waals surface area (Å²) in [6.07, 6.45) is 6.06. The first kappa shape index (κ1) is 15.9. The Balaban J connectivity index is 1.56. The van der Waals surface area contributed by atoms with Crippen LogP contribution in [0.25, 0.3) is 0 Å². The molecule has 1 aromatic carbocycles.